The van der Waals surface area contributed by atoms with Gasteiger partial charge in [0.25, 0.3) is 5.91 Å². The zero-order valence-electron chi connectivity index (χ0n) is 14.8. The lowest BCUT2D eigenvalue weighted by atomic mass is 10.1. The summed E-state index contributed by atoms with van der Waals surface area (Å²) < 4.78 is 23.1. The van der Waals surface area contributed by atoms with Crippen LogP contribution in [0, 0.1) is 5.82 Å². The number of likely N-dealkylation sites (tertiary alicyclic amines) is 1. The predicted octanol–water partition coefficient (Wildman–Crippen LogP) is 2.25. The van der Waals surface area contributed by atoms with Crippen molar-refractivity contribution in [1.82, 2.24) is 20.4 Å². The molecule has 0 saturated carbocycles. The van der Waals surface area contributed by atoms with E-state index in [9.17, 15) is 14.0 Å². The fourth-order valence-electron chi connectivity index (χ4n) is 3.07. The van der Waals surface area contributed by atoms with Crippen LogP contribution < -0.4 is 5.32 Å². The Balaban J connectivity index is 1.34. The molecule has 0 spiro atoms. The number of carbonyl (C=O) groups is 2. The van der Waals surface area contributed by atoms with Crippen LogP contribution >= 0.6 is 0 Å². The maximum absolute atomic E-state index is 13.0. The SMILES string of the molecule is O=C(NCc1nc([C@@H]2CC(=O)N(Cc3ccc(F)cc3)C2)no1)c1ccoc1. The van der Waals surface area contributed by atoms with Gasteiger partial charge in [-0.3, -0.25) is 9.59 Å². The van der Waals surface area contributed by atoms with Crippen LogP contribution in [0.5, 0.6) is 0 Å². The molecule has 1 aliphatic rings. The molecular formula is C19H17FN4O4. The quantitative estimate of drug-likeness (QED) is 0.699. The molecule has 2 amide bonds. The first-order valence-corrected chi connectivity index (χ1v) is 8.73. The van der Waals surface area contributed by atoms with Gasteiger partial charge in [0.1, 0.15) is 12.1 Å². The van der Waals surface area contributed by atoms with Crippen molar-refractivity contribution >= 4 is 11.8 Å². The van der Waals surface area contributed by atoms with E-state index in [2.05, 4.69) is 15.5 Å². The Morgan fingerprint density at radius 2 is 2.11 bits per heavy atom. The van der Waals surface area contributed by atoms with Crippen molar-refractivity contribution in [3.63, 3.8) is 0 Å². The number of carbonyl (C=O) groups excluding carboxylic acids is 2. The third-order valence-corrected chi connectivity index (χ3v) is 4.53. The molecule has 4 rings (SSSR count). The fourth-order valence-corrected chi connectivity index (χ4v) is 3.07. The molecule has 0 radical (unpaired) electrons. The van der Waals surface area contributed by atoms with Crippen molar-refractivity contribution < 1.29 is 22.9 Å². The Hall–Kier alpha value is -3.49. The summed E-state index contributed by atoms with van der Waals surface area (Å²) in [5, 5.41) is 6.60. The monoisotopic (exact) mass is 384 g/mol. The number of aromatic nitrogens is 2. The number of nitrogens with zero attached hydrogens (tertiary/aromatic N) is 3. The number of amides is 2. The molecule has 28 heavy (non-hydrogen) atoms. The summed E-state index contributed by atoms with van der Waals surface area (Å²) in [6.45, 7) is 0.939. The lowest BCUT2D eigenvalue weighted by Gasteiger charge is -2.16. The molecule has 1 saturated heterocycles. The van der Waals surface area contributed by atoms with Gasteiger partial charge in [-0.1, -0.05) is 17.3 Å². The number of furan rings is 1. The third-order valence-electron chi connectivity index (χ3n) is 4.53. The number of nitrogens with one attached hydrogen (secondary N) is 1. The molecule has 1 aromatic carbocycles. The Morgan fingerprint density at radius 1 is 1.29 bits per heavy atom. The molecule has 1 aliphatic heterocycles. The van der Waals surface area contributed by atoms with E-state index < -0.39 is 0 Å². The molecule has 3 aromatic rings. The highest BCUT2D eigenvalue weighted by Crippen LogP contribution is 2.27. The predicted molar refractivity (Wildman–Crippen MR) is 93.4 cm³/mol. The van der Waals surface area contributed by atoms with Crippen LogP contribution in [0.1, 0.15) is 40.0 Å². The van der Waals surface area contributed by atoms with Crippen LogP contribution in [0.15, 0.2) is 51.8 Å². The van der Waals surface area contributed by atoms with Crippen molar-refractivity contribution in [2.45, 2.75) is 25.4 Å². The summed E-state index contributed by atoms with van der Waals surface area (Å²) in [7, 11) is 0. The van der Waals surface area contributed by atoms with Crippen LogP contribution in [0.25, 0.3) is 0 Å². The highest BCUT2D eigenvalue weighted by Gasteiger charge is 2.33. The van der Waals surface area contributed by atoms with Crippen molar-refractivity contribution in [1.29, 1.82) is 0 Å². The zero-order valence-corrected chi connectivity index (χ0v) is 14.8. The van der Waals surface area contributed by atoms with Gasteiger partial charge >= 0.3 is 0 Å². The minimum atomic E-state index is -0.312. The summed E-state index contributed by atoms with van der Waals surface area (Å²) >= 11 is 0. The van der Waals surface area contributed by atoms with Gasteiger partial charge in [-0.15, -0.1) is 0 Å². The normalized spacial score (nSPS) is 16.5. The second-order valence-electron chi connectivity index (χ2n) is 6.54. The van der Waals surface area contributed by atoms with E-state index in [0.29, 0.717) is 24.5 Å². The maximum atomic E-state index is 13.0. The topological polar surface area (TPSA) is 101 Å². The van der Waals surface area contributed by atoms with Crippen LogP contribution in [-0.4, -0.2) is 33.4 Å². The molecule has 144 valence electrons. The van der Waals surface area contributed by atoms with Gasteiger partial charge < -0.3 is 19.2 Å². The molecular weight excluding hydrogens is 367 g/mol. The Morgan fingerprint density at radius 3 is 2.86 bits per heavy atom. The maximum Gasteiger partial charge on any atom is 0.254 e. The second-order valence-corrected chi connectivity index (χ2v) is 6.54. The summed E-state index contributed by atoms with van der Waals surface area (Å²) in [6, 6.07) is 7.61. The molecule has 0 aliphatic carbocycles. The van der Waals surface area contributed by atoms with E-state index in [0.717, 1.165) is 5.56 Å². The van der Waals surface area contributed by atoms with Gasteiger partial charge in [0.05, 0.1) is 18.4 Å². The first-order valence-electron chi connectivity index (χ1n) is 8.73. The van der Waals surface area contributed by atoms with Gasteiger partial charge in [0.15, 0.2) is 5.82 Å². The van der Waals surface area contributed by atoms with E-state index in [1.165, 1.54) is 24.7 Å². The average Bonchev–Trinajstić information content (AvgIpc) is 3.43. The van der Waals surface area contributed by atoms with Crippen molar-refractivity contribution in [3.8, 4) is 0 Å². The zero-order chi connectivity index (χ0) is 19.5. The van der Waals surface area contributed by atoms with Gasteiger partial charge in [-0.2, -0.15) is 4.98 Å². The largest absolute Gasteiger partial charge is 0.472 e. The summed E-state index contributed by atoms with van der Waals surface area (Å²) in [5.41, 5.74) is 1.25. The average molecular weight is 384 g/mol. The van der Waals surface area contributed by atoms with Crippen LogP contribution in [0.3, 0.4) is 0 Å². The highest BCUT2D eigenvalue weighted by molar-refractivity contribution is 5.93. The van der Waals surface area contributed by atoms with Gasteiger partial charge in [-0.05, 0) is 23.8 Å². The number of hydrogen-bond donors (Lipinski definition) is 1. The third kappa shape index (κ3) is 3.93. The lowest BCUT2D eigenvalue weighted by molar-refractivity contribution is -0.128. The number of halogens is 1. The smallest absolute Gasteiger partial charge is 0.254 e. The molecule has 3 heterocycles. The molecule has 2 aromatic heterocycles. The highest BCUT2D eigenvalue weighted by atomic mass is 19.1. The van der Waals surface area contributed by atoms with Crippen LogP contribution in [-0.2, 0) is 17.9 Å². The minimum Gasteiger partial charge on any atom is -0.472 e. The van der Waals surface area contributed by atoms with Crippen LogP contribution in [0.4, 0.5) is 4.39 Å². The van der Waals surface area contributed by atoms with E-state index in [1.54, 1.807) is 23.1 Å². The number of benzene rings is 1. The second kappa shape index (κ2) is 7.63. The fraction of sp³-hybridized carbons (Fsp3) is 0.263. The summed E-state index contributed by atoms with van der Waals surface area (Å²) in [5.74, 6) is -0.133. The molecule has 1 atom stereocenters. The first-order chi connectivity index (χ1) is 13.6. The molecule has 9 heteroatoms. The molecule has 0 bridgehead atoms. The van der Waals surface area contributed by atoms with Gasteiger partial charge in [0.2, 0.25) is 11.8 Å². The number of hydrogen-bond acceptors (Lipinski definition) is 6. The molecule has 0 unspecified atom stereocenters. The van der Waals surface area contributed by atoms with E-state index in [1.807, 2.05) is 0 Å². The van der Waals surface area contributed by atoms with E-state index >= 15 is 0 Å². The summed E-state index contributed by atoms with van der Waals surface area (Å²) in [4.78, 5) is 30.1. The molecule has 1 fully saturated rings. The van der Waals surface area contributed by atoms with Crippen LogP contribution in [0.2, 0.25) is 0 Å². The lowest BCUT2D eigenvalue weighted by Crippen LogP contribution is -2.24. The van der Waals surface area contributed by atoms with Gasteiger partial charge in [-0.25, -0.2) is 4.39 Å². The first kappa shape index (κ1) is 17.9. The summed E-state index contributed by atoms with van der Waals surface area (Å²) in [6.07, 6.45) is 3.03. The van der Waals surface area contributed by atoms with E-state index in [4.69, 9.17) is 8.94 Å². The van der Waals surface area contributed by atoms with Gasteiger partial charge in [0, 0.05) is 25.4 Å². The van der Waals surface area contributed by atoms with Crippen molar-refractivity contribution in [3.05, 3.63) is 71.5 Å². The minimum absolute atomic E-state index is 0.0195. The Labute approximate surface area is 159 Å². The van der Waals surface area contributed by atoms with E-state index in [-0.39, 0.29) is 42.4 Å². The van der Waals surface area contributed by atoms with Crippen molar-refractivity contribution in [2.24, 2.45) is 0 Å². The standard InChI is InChI=1S/C19H17FN4O4/c20-15-3-1-12(2-4-15)9-24-10-14(7-17(24)25)18-22-16(28-23-18)8-21-19(26)13-5-6-27-11-13/h1-6,11,14H,7-10H2,(H,21,26)/t14-/m1/s1. The number of rotatable bonds is 6. The Bertz CT molecular complexity index is 968. The molecule has 1 N–H and O–H groups in total. The Kier molecular flexibility index (Phi) is 4.88. The van der Waals surface area contributed by atoms with Crippen molar-refractivity contribution in [2.75, 3.05) is 6.54 Å². The molecule has 8 nitrogen and oxygen atoms in total.